The van der Waals surface area contributed by atoms with Gasteiger partial charge in [0.05, 0.1) is 24.5 Å². The van der Waals surface area contributed by atoms with E-state index in [1.54, 1.807) is 6.92 Å². The fourth-order valence-corrected chi connectivity index (χ4v) is 10.8. The lowest BCUT2D eigenvalue weighted by atomic mass is 10.0. The van der Waals surface area contributed by atoms with Crippen LogP contribution in [0, 0.1) is 18.6 Å². The fraction of sp³-hybridized carbons (Fsp3) is 0.353. The molecule has 2 heterocycles. The van der Waals surface area contributed by atoms with Crippen molar-refractivity contribution in [3.05, 3.63) is 107 Å². The van der Waals surface area contributed by atoms with Gasteiger partial charge in [0.2, 0.25) is 0 Å². The summed E-state index contributed by atoms with van der Waals surface area (Å²) in [6.07, 6.45) is 0.859. The molecule has 1 N–H and O–H groups in total. The van der Waals surface area contributed by atoms with E-state index in [1.807, 2.05) is 55.1 Å². The zero-order valence-corrected chi connectivity index (χ0v) is 27.0. The molecule has 1 saturated heterocycles. The van der Waals surface area contributed by atoms with Crippen LogP contribution >= 0.6 is 0 Å². The summed E-state index contributed by atoms with van der Waals surface area (Å²) in [7, 11) is -3.04. The van der Waals surface area contributed by atoms with Crippen molar-refractivity contribution in [1.29, 1.82) is 0 Å². The molecule has 0 radical (unpaired) electrons. The molecule has 10 heteroatoms. The Morgan fingerprint density at radius 2 is 1.57 bits per heavy atom. The summed E-state index contributed by atoms with van der Waals surface area (Å²) >= 11 is 0. The Morgan fingerprint density at radius 3 is 2.05 bits per heavy atom. The maximum Gasteiger partial charge on any atom is 0.261 e. The maximum absolute atomic E-state index is 16.4. The number of ether oxygens (including phenoxy) is 1. The van der Waals surface area contributed by atoms with E-state index < -0.39 is 20.0 Å². The predicted molar refractivity (Wildman–Crippen MR) is 170 cm³/mol. The van der Waals surface area contributed by atoms with Gasteiger partial charge in [-0.3, -0.25) is 0 Å². The van der Waals surface area contributed by atoms with Crippen LogP contribution in [0.15, 0.2) is 82.6 Å². The fourth-order valence-electron chi connectivity index (χ4n) is 6.32. The van der Waals surface area contributed by atoms with Gasteiger partial charge in [0.1, 0.15) is 17.7 Å². The van der Waals surface area contributed by atoms with Crippen molar-refractivity contribution in [2.75, 3.05) is 18.0 Å². The number of anilines is 1. The van der Waals surface area contributed by atoms with Gasteiger partial charge in [0.25, 0.3) is 8.32 Å². The van der Waals surface area contributed by atoms with Crippen LogP contribution in [0.25, 0.3) is 0 Å². The monoisotopic (exact) mass is 619 g/mol. The first-order valence-corrected chi connectivity index (χ1v) is 16.7. The molecule has 1 aliphatic heterocycles. The Morgan fingerprint density at radius 1 is 1.00 bits per heavy atom. The second-order valence-electron chi connectivity index (χ2n) is 12.4. The average molecular weight is 620 g/mol. The Balaban J connectivity index is 1.70. The smallest absolute Gasteiger partial charge is 0.261 e. The number of aryl methyl sites for hydroxylation is 1. The van der Waals surface area contributed by atoms with Crippen LogP contribution in [0.2, 0.25) is 5.04 Å². The molecule has 0 saturated carbocycles. The molecule has 0 amide bonds. The molecule has 2 atom stereocenters. The topological polar surface area (TPSA) is 80.3 Å². The van der Waals surface area contributed by atoms with Gasteiger partial charge in [0, 0.05) is 31.1 Å². The SMILES string of the molecule is Cc1nc(C(=NO)c2cc(CO[Si](c3ccccc3)(c3ccccc3)C(C)(C)C)c(N3C[C@@H](C)O[C@@H](C)C3)c(F)c2F)co1. The third-order valence-corrected chi connectivity index (χ3v) is 13.1. The van der Waals surface area contributed by atoms with Crippen LogP contribution < -0.4 is 15.3 Å². The van der Waals surface area contributed by atoms with Crippen LogP contribution in [0.5, 0.6) is 0 Å². The number of nitrogens with zero attached hydrogens (tertiary/aromatic N) is 3. The third-order valence-electron chi connectivity index (χ3n) is 8.07. The molecule has 3 aromatic carbocycles. The molecule has 0 spiro atoms. The zero-order valence-electron chi connectivity index (χ0n) is 26.0. The van der Waals surface area contributed by atoms with Gasteiger partial charge in [0.15, 0.2) is 17.5 Å². The molecule has 44 heavy (non-hydrogen) atoms. The summed E-state index contributed by atoms with van der Waals surface area (Å²) in [5.74, 6) is -1.90. The molecule has 1 aliphatic rings. The highest BCUT2D eigenvalue weighted by atomic mass is 28.4. The van der Waals surface area contributed by atoms with E-state index in [1.165, 1.54) is 12.3 Å². The first-order valence-electron chi connectivity index (χ1n) is 14.8. The first kappa shape index (κ1) is 31.6. The Bertz CT molecular complexity index is 1570. The van der Waals surface area contributed by atoms with E-state index in [4.69, 9.17) is 13.6 Å². The third kappa shape index (κ3) is 5.94. The zero-order chi connectivity index (χ0) is 31.6. The molecule has 1 fully saturated rings. The summed E-state index contributed by atoms with van der Waals surface area (Å²) in [5, 5.41) is 15.1. The minimum absolute atomic E-state index is 0.0243. The van der Waals surface area contributed by atoms with Gasteiger partial charge >= 0.3 is 0 Å². The summed E-state index contributed by atoms with van der Waals surface area (Å²) in [6.45, 7) is 12.6. The second kappa shape index (κ2) is 12.6. The lowest BCUT2D eigenvalue weighted by Gasteiger charge is -2.43. The molecule has 7 nitrogen and oxygen atoms in total. The number of hydrogen-bond donors (Lipinski definition) is 1. The molecule has 0 aliphatic carbocycles. The maximum atomic E-state index is 16.4. The van der Waals surface area contributed by atoms with E-state index in [-0.39, 0.29) is 46.5 Å². The van der Waals surface area contributed by atoms with Gasteiger partial charge in [-0.2, -0.15) is 0 Å². The van der Waals surface area contributed by atoms with Crippen LogP contribution in [-0.2, 0) is 15.8 Å². The Labute approximate surface area is 258 Å². The highest BCUT2D eigenvalue weighted by molar-refractivity contribution is 6.99. The van der Waals surface area contributed by atoms with Gasteiger partial charge in [-0.25, -0.2) is 13.8 Å². The number of halogens is 2. The average Bonchev–Trinajstić information content (AvgIpc) is 3.41. The first-order chi connectivity index (χ1) is 21.0. The minimum atomic E-state index is -3.04. The summed E-state index contributed by atoms with van der Waals surface area (Å²) < 4.78 is 50.7. The second-order valence-corrected chi connectivity index (χ2v) is 16.7. The number of hydrogen-bond acceptors (Lipinski definition) is 7. The highest BCUT2D eigenvalue weighted by Crippen LogP contribution is 2.39. The molecular weight excluding hydrogens is 580 g/mol. The summed E-state index contributed by atoms with van der Waals surface area (Å²) in [4.78, 5) is 6.01. The molecule has 0 bridgehead atoms. The minimum Gasteiger partial charge on any atom is -0.449 e. The standard InChI is InChI=1S/C34H39F2N3O4Si/c1-22-18-39(19-23(2)43-22)33-25(17-28(30(35)31(33)36)32(38-40)29-21-41-24(3)37-29)20-42-44(34(4,5)6,26-13-9-7-10-14-26)27-15-11-8-12-16-27/h7-17,21-23,40H,18-20H2,1-6H3/t22-,23+. The van der Waals surface area contributed by atoms with Gasteiger partial charge in [-0.1, -0.05) is 86.6 Å². The molecule has 4 aromatic rings. The van der Waals surface area contributed by atoms with E-state index in [2.05, 4.69) is 55.2 Å². The number of oxime groups is 1. The van der Waals surface area contributed by atoms with E-state index in [9.17, 15) is 5.21 Å². The number of oxazole rings is 1. The normalized spacial score (nSPS) is 18.1. The van der Waals surface area contributed by atoms with Crippen molar-refractivity contribution in [2.45, 2.75) is 65.4 Å². The Hall–Kier alpha value is -3.86. The van der Waals surface area contributed by atoms with Crippen LogP contribution in [0.1, 0.15) is 57.3 Å². The van der Waals surface area contributed by atoms with Crippen molar-refractivity contribution < 1.29 is 27.6 Å². The van der Waals surface area contributed by atoms with Crippen molar-refractivity contribution in [1.82, 2.24) is 4.98 Å². The predicted octanol–water partition coefficient (Wildman–Crippen LogP) is 6.18. The Kier molecular flexibility index (Phi) is 9.06. The van der Waals surface area contributed by atoms with Crippen LogP contribution in [0.4, 0.5) is 14.5 Å². The summed E-state index contributed by atoms with van der Waals surface area (Å²) in [5.41, 5.74) is 0.149. The molecule has 5 rings (SSSR count). The van der Waals surface area contributed by atoms with Crippen molar-refractivity contribution in [3.8, 4) is 0 Å². The van der Waals surface area contributed by atoms with Gasteiger partial charge < -0.3 is 23.7 Å². The van der Waals surface area contributed by atoms with Crippen molar-refractivity contribution >= 4 is 30.1 Å². The van der Waals surface area contributed by atoms with Gasteiger partial charge in [-0.15, -0.1) is 0 Å². The van der Waals surface area contributed by atoms with Crippen molar-refractivity contribution in [3.63, 3.8) is 0 Å². The van der Waals surface area contributed by atoms with Crippen LogP contribution in [0.3, 0.4) is 0 Å². The quantitative estimate of drug-likeness (QED) is 0.110. The van der Waals surface area contributed by atoms with Crippen LogP contribution in [-0.4, -0.2) is 49.5 Å². The molecular formula is C34H39F2N3O4Si. The molecule has 0 unspecified atom stereocenters. The highest BCUT2D eigenvalue weighted by Gasteiger charge is 2.50. The molecule has 232 valence electrons. The lowest BCUT2D eigenvalue weighted by Crippen LogP contribution is -2.66. The number of morpholine rings is 1. The van der Waals surface area contributed by atoms with E-state index >= 15 is 8.78 Å². The largest absolute Gasteiger partial charge is 0.449 e. The van der Waals surface area contributed by atoms with E-state index in [0.29, 0.717) is 24.5 Å². The number of rotatable bonds is 8. The number of aromatic nitrogens is 1. The van der Waals surface area contributed by atoms with Crippen molar-refractivity contribution in [2.24, 2.45) is 5.16 Å². The number of benzene rings is 3. The molecule has 1 aromatic heterocycles. The van der Waals surface area contributed by atoms with E-state index in [0.717, 1.165) is 10.4 Å². The lowest BCUT2D eigenvalue weighted by molar-refractivity contribution is -0.00553. The van der Waals surface area contributed by atoms with Gasteiger partial charge in [-0.05, 0) is 35.3 Å². The summed E-state index contributed by atoms with van der Waals surface area (Å²) in [6, 6.07) is 21.8.